The van der Waals surface area contributed by atoms with Crippen molar-refractivity contribution in [3.63, 3.8) is 0 Å². The van der Waals surface area contributed by atoms with E-state index in [4.69, 9.17) is 9.47 Å². The van der Waals surface area contributed by atoms with E-state index in [2.05, 4.69) is 74.9 Å². The van der Waals surface area contributed by atoms with Crippen LogP contribution in [0.25, 0.3) is 11.1 Å². The zero-order valence-electron chi connectivity index (χ0n) is 41.5. The summed E-state index contributed by atoms with van der Waals surface area (Å²) in [5.74, 6) is -3.03. The van der Waals surface area contributed by atoms with Crippen LogP contribution in [0, 0.1) is 5.92 Å². The van der Waals surface area contributed by atoms with E-state index in [9.17, 15) is 34.2 Å². The Morgan fingerprint density at radius 2 is 1.31 bits per heavy atom. The molecule has 0 bridgehead atoms. The standard InChI is InChI=1S/C57H60N6O9S2/c1-71-50-32-36(37-20-23-48(51(33-37)72-2)61-46-17-8-6-15-43(46)56(68)69)19-22-47(50)60-45-16-7-5-14-42(45)54(65)59-35-40(64)30-39(55(66)67)13-10-11-25-58-57(70)63-28-26-62(27-29-63)49-31-38-12-4-9-18-52(38)74-53-24-21-41(73-3)34-44(49)53/h4-9,12,14-24,32-34,39,49,60-61H,10-11,13,25-31,35H2,1-3H3,(H,58,70)(H,59,65)(H,66,67)(H,68,69). The van der Waals surface area contributed by atoms with E-state index in [-0.39, 0.29) is 42.6 Å². The summed E-state index contributed by atoms with van der Waals surface area (Å²) in [7, 11) is 3.06. The third-order valence-corrected chi connectivity index (χ3v) is 15.3. The molecule has 2 heterocycles. The number of amides is 3. The van der Waals surface area contributed by atoms with Crippen molar-refractivity contribution in [3.05, 3.63) is 150 Å². The smallest absolute Gasteiger partial charge is 0.337 e. The van der Waals surface area contributed by atoms with E-state index in [0.717, 1.165) is 30.6 Å². The Morgan fingerprint density at radius 1 is 0.689 bits per heavy atom. The molecule has 2 aliphatic heterocycles. The fourth-order valence-electron chi connectivity index (χ4n) is 9.34. The first-order valence-electron chi connectivity index (χ1n) is 24.5. The minimum Gasteiger partial charge on any atom is -0.495 e. The molecule has 8 rings (SSSR count). The Bertz CT molecular complexity index is 3020. The molecule has 6 aromatic rings. The molecule has 6 aromatic carbocycles. The number of thioether (sulfide) groups is 1. The number of methoxy groups -OCH3 is 2. The summed E-state index contributed by atoms with van der Waals surface area (Å²) in [5.41, 5.74) is 6.69. The molecule has 0 radical (unpaired) electrons. The van der Waals surface area contributed by atoms with Gasteiger partial charge in [0.1, 0.15) is 11.5 Å². The summed E-state index contributed by atoms with van der Waals surface area (Å²) >= 11 is 3.57. The number of carboxylic acids is 2. The van der Waals surface area contributed by atoms with Crippen LogP contribution in [0.15, 0.2) is 142 Å². The zero-order chi connectivity index (χ0) is 52.1. The fraction of sp³-hybridized carbons (Fsp3) is 0.281. The molecule has 1 saturated heterocycles. The Kier molecular flexibility index (Phi) is 17.8. The van der Waals surface area contributed by atoms with E-state index in [1.165, 1.54) is 46.1 Å². The van der Waals surface area contributed by atoms with Crippen LogP contribution in [0.5, 0.6) is 11.5 Å². The van der Waals surface area contributed by atoms with Crippen LogP contribution in [0.2, 0.25) is 0 Å². The van der Waals surface area contributed by atoms with Crippen LogP contribution in [-0.4, -0.2) is 109 Å². The number of carbonyl (C=O) groups excluding carboxylic acids is 3. The molecule has 3 amide bonds. The van der Waals surface area contributed by atoms with Gasteiger partial charge >= 0.3 is 18.0 Å². The Hall–Kier alpha value is -7.47. The van der Waals surface area contributed by atoms with Crippen LogP contribution in [0.3, 0.4) is 0 Å². The van der Waals surface area contributed by atoms with Crippen molar-refractivity contribution in [1.82, 2.24) is 20.4 Å². The number of unbranched alkanes of at least 4 members (excludes halogenated alkanes) is 1. The van der Waals surface area contributed by atoms with Crippen molar-refractivity contribution in [1.29, 1.82) is 0 Å². The largest absolute Gasteiger partial charge is 0.495 e. The second-order valence-corrected chi connectivity index (χ2v) is 20.0. The van der Waals surface area contributed by atoms with Gasteiger partial charge in [-0.15, -0.1) is 11.8 Å². The maximum absolute atomic E-state index is 13.5. The lowest BCUT2D eigenvalue weighted by atomic mass is 9.96. The molecule has 2 unspecified atom stereocenters. The number of aliphatic carboxylic acids is 1. The van der Waals surface area contributed by atoms with Crippen LogP contribution >= 0.6 is 23.5 Å². The number of urea groups is 1. The second-order valence-electron chi connectivity index (χ2n) is 18.0. The van der Waals surface area contributed by atoms with Crippen molar-refractivity contribution >= 4 is 75.9 Å². The summed E-state index contributed by atoms with van der Waals surface area (Å²) in [6, 6.07) is 39.9. The molecular weight excluding hydrogens is 977 g/mol. The molecule has 0 aliphatic carbocycles. The number of fused-ring (bicyclic) bond motifs is 2. The maximum Gasteiger partial charge on any atom is 0.337 e. The minimum atomic E-state index is -1.09. The van der Waals surface area contributed by atoms with Gasteiger partial charge in [0, 0.05) is 59.9 Å². The zero-order valence-corrected chi connectivity index (χ0v) is 43.2. The average molecular weight is 1040 g/mol. The molecule has 17 heteroatoms. The predicted octanol–water partition coefficient (Wildman–Crippen LogP) is 10.6. The van der Waals surface area contributed by atoms with E-state index >= 15 is 0 Å². The third kappa shape index (κ3) is 13.0. The highest BCUT2D eigenvalue weighted by atomic mass is 32.2. The topological polar surface area (TPSA) is 199 Å². The number of aromatic carboxylic acids is 1. The number of ketones is 1. The SMILES string of the molecule is COc1cc(-c2ccc(Nc3ccccc3C(=O)NCC(=O)CC(CCCCNC(=O)N3CCN(C4Cc5ccccc5Sc5ccc(SC)cc54)CC3)C(=O)O)c(OC)c2)ccc1Nc1ccccc1C(=O)O. The molecule has 2 aliphatic rings. The van der Waals surface area contributed by atoms with Gasteiger partial charge in [0.05, 0.1) is 60.6 Å². The van der Waals surface area contributed by atoms with Gasteiger partial charge in [-0.2, -0.15) is 0 Å². The first kappa shape index (κ1) is 52.8. The van der Waals surface area contributed by atoms with Crippen LogP contribution in [0.1, 0.15) is 63.6 Å². The Morgan fingerprint density at radius 3 is 1.95 bits per heavy atom. The van der Waals surface area contributed by atoms with Crippen molar-refractivity contribution in [2.24, 2.45) is 5.92 Å². The number of carboxylic acid groups (broad SMARTS) is 2. The first-order valence-corrected chi connectivity index (χ1v) is 26.5. The summed E-state index contributed by atoms with van der Waals surface area (Å²) in [5, 5.41) is 31.8. The van der Waals surface area contributed by atoms with Gasteiger partial charge in [0.15, 0.2) is 5.78 Å². The lowest BCUT2D eigenvalue weighted by Gasteiger charge is -2.39. The molecule has 74 heavy (non-hydrogen) atoms. The number of anilines is 4. The molecule has 15 nitrogen and oxygen atoms in total. The number of nitrogens with one attached hydrogen (secondary N) is 4. The number of hydrogen-bond donors (Lipinski definition) is 6. The van der Waals surface area contributed by atoms with E-state index in [1.54, 1.807) is 60.3 Å². The van der Waals surface area contributed by atoms with Gasteiger partial charge in [-0.05, 0) is 121 Å². The fourth-order valence-corrected chi connectivity index (χ4v) is 10.9. The molecule has 0 saturated carbocycles. The first-order chi connectivity index (χ1) is 35.9. The number of ether oxygens (including phenoxy) is 2. The minimum absolute atomic E-state index is 0.125. The molecule has 6 N–H and O–H groups in total. The Labute approximate surface area is 439 Å². The van der Waals surface area contributed by atoms with Crippen LogP contribution in [-0.2, 0) is 16.0 Å². The van der Waals surface area contributed by atoms with Gasteiger partial charge < -0.3 is 45.9 Å². The van der Waals surface area contributed by atoms with Crippen molar-refractivity contribution in [2.45, 2.75) is 52.8 Å². The van der Waals surface area contributed by atoms with E-state index in [1.807, 2.05) is 47.0 Å². The summed E-state index contributed by atoms with van der Waals surface area (Å²) in [6.45, 7) is 2.74. The number of rotatable bonds is 21. The van der Waals surface area contributed by atoms with Gasteiger partial charge in [-0.25, -0.2) is 9.59 Å². The summed E-state index contributed by atoms with van der Waals surface area (Å²) in [6.07, 6.45) is 4.07. The molecule has 2 atom stereocenters. The molecule has 1 fully saturated rings. The maximum atomic E-state index is 13.5. The Balaban J connectivity index is 0.786. The van der Waals surface area contributed by atoms with Crippen molar-refractivity contribution < 1.29 is 43.7 Å². The number of nitrogens with zero attached hydrogens (tertiary/aromatic N) is 2. The lowest BCUT2D eigenvalue weighted by molar-refractivity contribution is -0.144. The molecule has 0 spiro atoms. The highest BCUT2D eigenvalue weighted by Crippen LogP contribution is 2.44. The monoisotopic (exact) mass is 1040 g/mol. The lowest BCUT2D eigenvalue weighted by Crippen LogP contribution is -2.52. The van der Waals surface area contributed by atoms with Crippen LogP contribution in [0.4, 0.5) is 27.5 Å². The van der Waals surface area contributed by atoms with Crippen molar-refractivity contribution in [2.75, 3.05) is 70.4 Å². The molecule has 0 aromatic heterocycles. The molecule has 384 valence electrons. The van der Waals surface area contributed by atoms with Gasteiger partial charge in [0.25, 0.3) is 5.91 Å². The van der Waals surface area contributed by atoms with Gasteiger partial charge in [-0.1, -0.05) is 72.8 Å². The van der Waals surface area contributed by atoms with Gasteiger partial charge in [-0.3, -0.25) is 19.3 Å². The number of Topliss-reactive ketones (excluding diaryl/α,β-unsaturated/α-hetero) is 1. The predicted molar refractivity (Wildman–Crippen MR) is 290 cm³/mol. The summed E-state index contributed by atoms with van der Waals surface area (Å²) in [4.78, 5) is 72.0. The number of carbonyl (C=O) groups is 5. The van der Waals surface area contributed by atoms with E-state index in [0.29, 0.717) is 66.7 Å². The normalized spacial score (nSPS) is 14.6. The highest BCUT2D eigenvalue weighted by Gasteiger charge is 2.32. The average Bonchev–Trinajstić information content (AvgIpc) is 3.59. The molecular formula is C57H60N6O9S2. The quantitative estimate of drug-likeness (QED) is 0.0294. The highest BCUT2D eigenvalue weighted by molar-refractivity contribution is 7.99. The van der Waals surface area contributed by atoms with Gasteiger partial charge in [0.2, 0.25) is 0 Å². The second kappa shape index (κ2) is 25.0. The van der Waals surface area contributed by atoms with E-state index < -0.39 is 29.5 Å². The number of hydrogen-bond acceptors (Lipinski definition) is 12. The van der Waals surface area contributed by atoms with Crippen LogP contribution < -0.4 is 30.7 Å². The van der Waals surface area contributed by atoms with Crippen molar-refractivity contribution in [3.8, 4) is 22.6 Å². The number of piperazine rings is 1. The number of benzene rings is 6. The third-order valence-electron chi connectivity index (χ3n) is 13.4. The number of para-hydroxylation sites is 2. The summed E-state index contributed by atoms with van der Waals surface area (Å²) < 4.78 is 11.4.